The third kappa shape index (κ3) is 3.52. The minimum atomic E-state index is -0.419. The van der Waals surface area contributed by atoms with Gasteiger partial charge in [-0.3, -0.25) is 9.89 Å². The smallest absolute Gasteiger partial charge is 0.230 e. The van der Waals surface area contributed by atoms with Crippen LogP contribution in [0.1, 0.15) is 25.1 Å². The zero-order valence-corrected chi connectivity index (χ0v) is 11.1. The first-order valence-corrected chi connectivity index (χ1v) is 5.90. The number of rotatable bonds is 5. The second-order valence-corrected chi connectivity index (χ2v) is 4.83. The SMILES string of the molecule is Cc1[nH]ncc1CNC(=O)C(C(N)=S)C(C)C. The van der Waals surface area contributed by atoms with Crippen LogP contribution in [0.15, 0.2) is 6.20 Å². The van der Waals surface area contributed by atoms with Crippen LogP contribution in [0, 0.1) is 18.8 Å². The van der Waals surface area contributed by atoms with Gasteiger partial charge in [-0.05, 0) is 12.8 Å². The Balaban J connectivity index is 2.60. The molecule has 17 heavy (non-hydrogen) atoms. The summed E-state index contributed by atoms with van der Waals surface area (Å²) in [7, 11) is 0. The summed E-state index contributed by atoms with van der Waals surface area (Å²) < 4.78 is 0. The average molecular weight is 254 g/mol. The van der Waals surface area contributed by atoms with Gasteiger partial charge in [-0.2, -0.15) is 5.10 Å². The summed E-state index contributed by atoms with van der Waals surface area (Å²) in [6.45, 7) is 6.19. The molecular formula is C11H18N4OS. The van der Waals surface area contributed by atoms with Crippen LogP contribution in [0.2, 0.25) is 0 Å². The number of nitrogens with one attached hydrogen (secondary N) is 2. The van der Waals surface area contributed by atoms with E-state index in [0.29, 0.717) is 6.54 Å². The normalized spacial score (nSPS) is 12.5. The minimum Gasteiger partial charge on any atom is -0.393 e. The van der Waals surface area contributed by atoms with Crippen molar-refractivity contribution in [2.75, 3.05) is 0 Å². The molecule has 1 unspecified atom stereocenters. The molecular weight excluding hydrogens is 236 g/mol. The first kappa shape index (κ1) is 13.6. The topological polar surface area (TPSA) is 83.8 Å². The molecule has 0 aliphatic carbocycles. The van der Waals surface area contributed by atoms with Crippen molar-refractivity contribution in [3.8, 4) is 0 Å². The van der Waals surface area contributed by atoms with Gasteiger partial charge in [-0.25, -0.2) is 0 Å². The largest absolute Gasteiger partial charge is 0.393 e. The van der Waals surface area contributed by atoms with Crippen molar-refractivity contribution in [3.63, 3.8) is 0 Å². The maximum Gasteiger partial charge on any atom is 0.230 e. The highest BCUT2D eigenvalue weighted by atomic mass is 32.1. The summed E-state index contributed by atoms with van der Waals surface area (Å²) in [5, 5.41) is 9.53. The molecule has 1 aromatic heterocycles. The van der Waals surface area contributed by atoms with Crippen LogP contribution >= 0.6 is 12.2 Å². The molecule has 1 atom stereocenters. The average Bonchev–Trinajstić information content (AvgIpc) is 2.59. The van der Waals surface area contributed by atoms with Crippen LogP contribution in [-0.4, -0.2) is 21.1 Å². The Morgan fingerprint density at radius 1 is 1.65 bits per heavy atom. The summed E-state index contributed by atoms with van der Waals surface area (Å²) in [5.74, 6) is -0.455. The lowest BCUT2D eigenvalue weighted by Gasteiger charge is -2.18. The molecule has 0 radical (unpaired) electrons. The number of carbonyl (C=O) groups is 1. The molecule has 0 saturated carbocycles. The number of hydrogen-bond acceptors (Lipinski definition) is 3. The van der Waals surface area contributed by atoms with Gasteiger partial charge in [0.05, 0.1) is 17.1 Å². The van der Waals surface area contributed by atoms with Crippen LogP contribution in [0.25, 0.3) is 0 Å². The maximum atomic E-state index is 11.9. The highest BCUT2D eigenvalue weighted by molar-refractivity contribution is 7.80. The molecule has 0 bridgehead atoms. The number of aromatic nitrogens is 2. The zero-order valence-electron chi connectivity index (χ0n) is 10.3. The molecule has 1 aromatic rings. The number of hydrogen-bond donors (Lipinski definition) is 3. The monoisotopic (exact) mass is 254 g/mol. The number of nitrogens with zero attached hydrogens (tertiary/aromatic N) is 1. The molecule has 5 nitrogen and oxygen atoms in total. The third-order valence-electron chi connectivity index (χ3n) is 2.64. The van der Waals surface area contributed by atoms with Crippen molar-refractivity contribution in [2.24, 2.45) is 17.6 Å². The van der Waals surface area contributed by atoms with Gasteiger partial charge in [0.25, 0.3) is 0 Å². The van der Waals surface area contributed by atoms with Crippen LogP contribution in [-0.2, 0) is 11.3 Å². The molecule has 0 aliphatic rings. The van der Waals surface area contributed by atoms with Gasteiger partial charge in [0.1, 0.15) is 0 Å². The number of carbonyl (C=O) groups excluding carboxylic acids is 1. The fraction of sp³-hybridized carbons (Fsp3) is 0.545. The van der Waals surface area contributed by atoms with Gasteiger partial charge in [-0.15, -0.1) is 0 Å². The second-order valence-electron chi connectivity index (χ2n) is 4.36. The number of aromatic amines is 1. The van der Waals surface area contributed by atoms with Crippen LogP contribution in [0.5, 0.6) is 0 Å². The molecule has 1 rings (SSSR count). The molecule has 0 aliphatic heterocycles. The Hall–Kier alpha value is -1.43. The Kier molecular flexibility index (Phi) is 4.62. The minimum absolute atomic E-state index is 0.0953. The van der Waals surface area contributed by atoms with Crippen molar-refractivity contribution in [1.82, 2.24) is 15.5 Å². The quantitative estimate of drug-likeness (QED) is 0.681. The standard InChI is InChI=1S/C11H18N4OS/c1-6(2)9(10(12)17)11(16)13-4-8-5-14-15-7(8)3/h5-6,9H,4H2,1-3H3,(H2,12,17)(H,13,16)(H,14,15). The van der Waals surface area contributed by atoms with E-state index in [2.05, 4.69) is 15.5 Å². The molecule has 0 saturated heterocycles. The van der Waals surface area contributed by atoms with E-state index in [4.69, 9.17) is 18.0 Å². The predicted molar refractivity (Wildman–Crippen MR) is 70.3 cm³/mol. The number of aryl methyl sites for hydroxylation is 1. The first-order valence-electron chi connectivity index (χ1n) is 5.49. The lowest BCUT2D eigenvalue weighted by molar-refractivity contribution is -0.124. The van der Waals surface area contributed by atoms with Gasteiger partial charge in [0.15, 0.2) is 0 Å². The number of nitrogens with two attached hydrogens (primary N) is 1. The van der Waals surface area contributed by atoms with E-state index in [1.54, 1.807) is 6.20 Å². The van der Waals surface area contributed by atoms with Gasteiger partial charge in [0, 0.05) is 17.8 Å². The van der Waals surface area contributed by atoms with Crippen LogP contribution < -0.4 is 11.1 Å². The molecule has 1 amide bonds. The number of H-pyrrole nitrogens is 1. The van der Waals surface area contributed by atoms with E-state index in [9.17, 15) is 4.79 Å². The van der Waals surface area contributed by atoms with Crippen molar-refractivity contribution in [1.29, 1.82) is 0 Å². The molecule has 0 aromatic carbocycles. The second kappa shape index (κ2) is 5.77. The third-order valence-corrected chi connectivity index (χ3v) is 2.90. The Morgan fingerprint density at radius 2 is 2.29 bits per heavy atom. The molecule has 6 heteroatoms. The van der Waals surface area contributed by atoms with E-state index in [-0.39, 0.29) is 16.8 Å². The summed E-state index contributed by atoms with van der Waals surface area (Å²) >= 11 is 4.91. The lowest BCUT2D eigenvalue weighted by Crippen LogP contribution is -2.40. The van der Waals surface area contributed by atoms with E-state index < -0.39 is 5.92 Å². The highest BCUT2D eigenvalue weighted by Crippen LogP contribution is 2.12. The number of thiocarbonyl (C=S) groups is 1. The van der Waals surface area contributed by atoms with Crippen molar-refractivity contribution >= 4 is 23.1 Å². The van der Waals surface area contributed by atoms with Crippen LogP contribution in [0.4, 0.5) is 0 Å². The fourth-order valence-corrected chi connectivity index (χ4v) is 1.99. The van der Waals surface area contributed by atoms with E-state index >= 15 is 0 Å². The Labute approximate surface area is 106 Å². The van der Waals surface area contributed by atoms with E-state index in [0.717, 1.165) is 11.3 Å². The van der Waals surface area contributed by atoms with Gasteiger partial charge in [-0.1, -0.05) is 26.1 Å². The Morgan fingerprint density at radius 3 is 2.71 bits per heavy atom. The molecule has 4 N–H and O–H groups in total. The van der Waals surface area contributed by atoms with Crippen molar-refractivity contribution in [3.05, 3.63) is 17.5 Å². The molecule has 1 heterocycles. The predicted octanol–water partition coefficient (Wildman–Crippen LogP) is 0.893. The molecule has 94 valence electrons. The van der Waals surface area contributed by atoms with Gasteiger partial charge < -0.3 is 11.1 Å². The highest BCUT2D eigenvalue weighted by Gasteiger charge is 2.24. The first-order chi connectivity index (χ1) is 7.93. The Bertz CT molecular complexity index is 413. The van der Waals surface area contributed by atoms with Gasteiger partial charge in [0.2, 0.25) is 5.91 Å². The van der Waals surface area contributed by atoms with E-state index in [1.807, 2.05) is 20.8 Å². The van der Waals surface area contributed by atoms with Crippen molar-refractivity contribution < 1.29 is 4.79 Å². The summed E-state index contributed by atoms with van der Waals surface area (Å²) in [6.07, 6.45) is 1.70. The number of amides is 1. The molecule has 0 spiro atoms. The summed E-state index contributed by atoms with van der Waals surface area (Å²) in [5.41, 5.74) is 7.48. The van der Waals surface area contributed by atoms with Crippen molar-refractivity contribution in [2.45, 2.75) is 27.3 Å². The molecule has 0 fully saturated rings. The maximum absolute atomic E-state index is 11.9. The zero-order chi connectivity index (χ0) is 13.0. The van der Waals surface area contributed by atoms with Crippen LogP contribution in [0.3, 0.4) is 0 Å². The van der Waals surface area contributed by atoms with E-state index in [1.165, 1.54) is 0 Å². The summed E-state index contributed by atoms with van der Waals surface area (Å²) in [6, 6.07) is 0. The van der Waals surface area contributed by atoms with Gasteiger partial charge >= 0.3 is 0 Å². The lowest BCUT2D eigenvalue weighted by atomic mass is 9.95. The summed E-state index contributed by atoms with van der Waals surface area (Å²) in [4.78, 5) is 12.2. The fourth-order valence-electron chi connectivity index (χ4n) is 1.61.